The van der Waals surface area contributed by atoms with Crippen molar-refractivity contribution in [3.8, 4) is 0 Å². The maximum atomic E-state index is 5.84. The molecule has 1 aromatic rings. The van der Waals surface area contributed by atoms with E-state index in [9.17, 15) is 0 Å². The van der Waals surface area contributed by atoms with Crippen LogP contribution < -0.4 is 0 Å². The molecule has 2 rings (SSSR count). The Hall–Kier alpha value is -0.860. The van der Waals surface area contributed by atoms with E-state index in [2.05, 4.69) is 38.1 Å². The van der Waals surface area contributed by atoms with Gasteiger partial charge in [0.1, 0.15) is 0 Å². The van der Waals surface area contributed by atoms with Gasteiger partial charge in [-0.15, -0.1) is 0 Å². The molecule has 1 fully saturated rings. The van der Waals surface area contributed by atoms with Crippen LogP contribution in [-0.2, 0) is 9.47 Å². The van der Waals surface area contributed by atoms with Gasteiger partial charge >= 0.3 is 0 Å². The summed E-state index contributed by atoms with van der Waals surface area (Å²) in [6, 6.07) is 8.41. The van der Waals surface area contributed by atoms with E-state index in [1.54, 1.807) is 0 Å². The molecule has 1 saturated heterocycles. The molecular formula is C13H18O2. The van der Waals surface area contributed by atoms with E-state index in [4.69, 9.17) is 9.47 Å². The molecule has 0 unspecified atom stereocenters. The van der Waals surface area contributed by atoms with Crippen molar-refractivity contribution in [2.24, 2.45) is 5.92 Å². The fraction of sp³-hybridized carbons (Fsp3) is 0.538. The molecule has 0 aromatic heterocycles. The highest BCUT2D eigenvalue weighted by Crippen LogP contribution is 2.33. The van der Waals surface area contributed by atoms with Crippen LogP contribution >= 0.6 is 0 Å². The summed E-state index contributed by atoms with van der Waals surface area (Å²) in [5, 5.41) is 0. The highest BCUT2D eigenvalue weighted by Gasteiger charge is 2.28. The van der Waals surface area contributed by atoms with Gasteiger partial charge in [0.25, 0.3) is 0 Å². The van der Waals surface area contributed by atoms with E-state index in [0.29, 0.717) is 5.92 Å². The Balaban J connectivity index is 2.25. The molecule has 1 aliphatic rings. The van der Waals surface area contributed by atoms with Gasteiger partial charge in [-0.2, -0.15) is 0 Å². The van der Waals surface area contributed by atoms with Crippen LogP contribution in [0, 0.1) is 12.8 Å². The molecule has 0 spiro atoms. The third kappa shape index (κ3) is 2.21. The Morgan fingerprint density at radius 2 is 1.93 bits per heavy atom. The predicted molar refractivity (Wildman–Crippen MR) is 59.6 cm³/mol. The second-order valence-corrected chi connectivity index (χ2v) is 4.29. The van der Waals surface area contributed by atoms with Gasteiger partial charge in [0.05, 0.1) is 12.7 Å². The van der Waals surface area contributed by atoms with Crippen molar-refractivity contribution in [3.63, 3.8) is 0 Å². The van der Waals surface area contributed by atoms with Gasteiger partial charge in [-0.3, -0.25) is 0 Å². The first-order valence-electron chi connectivity index (χ1n) is 5.51. The van der Waals surface area contributed by atoms with E-state index < -0.39 is 0 Å². The minimum Gasteiger partial charge on any atom is -0.353 e. The Morgan fingerprint density at radius 1 is 1.20 bits per heavy atom. The SMILES string of the molecule is Cc1ccccc1[C@@H]1O[C@H](C)OC[C@@H]1C. The highest BCUT2D eigenvalue weighted by atomic mass is 16.7. The molecule has 2 heteroatoms. The topological polar surface area (TPSA) is 18.5 Å². The van der Waals surface area contributed by atoms with Gasteiger partial charge in [-0.25, -0.2) is 0 Å². The maximum absolute atomic E-state index is 5.84. The molecule has 2 nitrogen and oxygen atoms in total. The summed E-state index contributed by atoms with van der Waals surface area (Å²) in [6.45, 7) is 7.03. The minimum atomic E-state index is -0.0918. The molecule has 0 saturated carbocycles. The largest absolute Gasteiger partial charge is 0.353 e. The van der Waals surface area contributed by atoms with Crippen LogP contribution in [0.1, 0.15) is 31.1 Å². The number of benzene rings is 1. The molecule has 3 atom stereocenters. The van der Waals surface area contributed by atoms with Crippen LogP contribution in [-0.4, -0.2) is 12.9 Å². The Kier molecular flexibility index (Phi) is 3.08. The van der Waals surface area contributed by atoms with Crippen molar-refractivity contribution >= 4 is 0 Å². The van der Waals surface area contributed by atoms with E-state index in [0.717, 1.165) is 6.61 Å². The van der Waals surface area contributed by atoms with Crippen LogP contribution in [0.15, 0.2) is 24.3 Å². The number of hydrogen-bond donors (Lipinski definition) is 0. The quantitative estimate of drug-likeness (QED) is 0.703. The van der Waals surface area contributed by atoms with Gasteiger partial charge < -0.3 is 9.47 Å². The van der Waals surface area contributed by atoms with E-state index in [1.807, 2.05) is 6.92 Å². The van der Waals surface area contributed by atoms with Crippen molar-refractivity contribution in [1.29, 1.82) is 0 Å². The number of ether oxygens (including phenoxy) is 2. The smallest absolute Gasteiger partial charge is 0.155 e. The fourth-order valence-electron chi connectivity index (χ4n) is 2.04. The molecule has 1 aromatic carbocycles. The summed E-state index contributed by atoms with van der Waals surface area (Å²) in [6.07, 6.45) is 0.0840. The van der Waals surface area contributed by atoms with E-state index in [1.165, 1.54) is 11.1 Å². The summed E-state index contributed by atoms with van der Waals surface area (Å²) in [5.41, 5.74) is 2.59. The summed E-state index contributed by atoms with van der Waals surface area (Å²) in [4.78, 5) is 0. The molecule has 0 radical (unpaired) electrons. The molecule has 0 N–H and O–H groups in total. The first kappa shape index (κ1) is 10.7. The first-order valence-corrected chi connectivity index (χ1v) is 5.51. The minimum absolute atomic E-state index is 0.0918. The zero-order valence-corrected chi connectivity index (χ0v) is 9.57. The van der Waals surface area contributed by atoms with Gasteiger partial charge in [0, 0.05) is 5.92 Å². The lowest BCUT2D eigenvalue weighted by atomic mass is 9.94. The molecule has 82 valence electrons. The first-order chi connectivity index (χ1) is 7.18. The lowest BCUT2D eigenvalue weighted by molar-refractivity contribution is -0.227. The highest BCUT2D eigenvalue weighted by molar-refractivity contribution is 5.28. The molecule has 0 aliphatic carbocycles. The molecule has 1 aliphatic heterocycles. The molecular weight excluding hydrogens is 188 g/mol. The van der Waals surface area contributed by atoms with Crippen LogP contribution in [0.2, 0.25) is 0 Å². The average molecular weight is 206 g/mol. The molecule has 1 heterocycles. The van der Waals surface area contributed by atoms with Crippen LogP contribution in [0.4, 0.5) is 0 Å². The van der Waals surface area contributed by atoms with Gasteiger partial charge in [0.2, 0.25) is 0 Å². The summed E-state index contributed by atoms with van der Waals surface area (Å²) >= 11 is 0. The van der Waals surface area contributed by atoms with Crippen LogP contribution in [0.25, 0.3) is 0 Å². The predicted octanol–water partition coefficient (Wildman–Crippen LogP) is 3.07. The van der Waals surface area contributed by atoms with Crippen LogP contribution in [0.3, 0.4) is 0 Å². The van der Waals surface area contributed by atoms with Crippen molar-refractivity contribution in [3.05, 3.63) is 35.4 Å². The maximum Gasteiger partial charge on any atom is 0.155 e. The van der Waals surface area contributed by atoms with Crippen molar-refractivity contribution < 1.29 is 9.47 Å². The van der Waals surface area contributed by atoms with Crippen molar-refractivity contribution in [1.82, 2.24) is 0 Å². The Bertz CT molecular complexity index is 335. The zero-order valence-electron chi connectivity index (χ0n) is 9.57. The monoisotopic (exact) mass is 206 g/mol. The second kappa shape index (κ2) is 4.33. The fourth-order valence-corrected chi connectivity index (χ4v) is 2.04. The third-order valence-electron chi connectivity index (χ3n) is 2.94. The number of aryl methyl sites for hydroxylation is 1. The normalized spacial score (nSPS) is 31.5. The lowest BCUT2D eigenvalue weighted by Crippen LogP contribution is -2.32. The standard InChI is InChI=1S/C13H18O2/c1-9-6-4-5-7-12(9)13-10(2)8-14-11(3)15-13/h4-7,10-11,13H,8H2,1-3H3/t10-,11+,13+/m0/s1. The number of hydrogen-bond acceptors (Lipinski definition) is 2. The zero-order chi connectivity index (χ0) is 10.8. The van der Waals surface area contributed by atoms with E-state index in [-0.39, 0.29) is 12.4 Å². The lowest BCUT2D eigenvalue weighted by Gasteiger charge is -2.34. The van der Waals surface area contributed by atoms with Gasteiger partial charge in [0.15, 0.2) is 6.29 Å². The molecule has 0 bridgehead atoms. The Morgan fingerprint density at radius 3 is 2.67 bits per heavy atom. The average Bonchev–Trinajstić information content (AvgIpc) is 2.23. The van der Waals surface area contributed by atoms with E-state index >= 15 is 0 Å². The summed E-state index contributed by atoms with van der Waals surface area (Å²) in [7, 11) is 0. The molecule has 0 amide bonds. The van der Waals surface area contributed by atoms with Crippen molar-refractivity contribution in [2.75, 3.05) is 6.61 Å². The Labute approximate surface area is 91.2 Å². The van der Waals surface area contributed by atoms with Gasteiger partial charge in [-0.05, 0) is 25.0 Å². The number of rotatable bonds is 1. The van der Waals surface area contributed by atoms with Gasteiger partial charge in [-0.1, -0.05) is 31.2 Å². The third-order valence-corrected chi connectivity index (χ3v) is 2.94. The molecule has 15 heavy (non-hydrogen) atoms. The second-order valence-electron chi connectivity index (χ2n) is 4.29. The summed E-state index contributed by atoms with van der Waals surface area (Å²) < 4.78 is 11.3. The summed E-state index contributed by atoms with van der Waals surface area (Å²) in [5.74, 6) is 0.419. The van der Waals surface area contributed by atoms with Crippen molar-refractivity contribution in [2.45, 2.75) is 33.2 Å². The van der Waals surface area contributed by atoms with Crippen LogP contribution in [0.5, 0.6) is 0 Å².